The molecule has 7 nitrogen and oxygen atoms in total. The second kappa shape index (κ2) is 5.18. The number of ether oxygens (including phenoxy) is 1. The van der Waals surface area contributed by atoms with E-state index in [2.05, 4.69) is 15.3 Å². The van der Waals surface area contributed by atoms with Crippen molar-refractivity contribution in [1.82, 2.24) is 15.3 Å². The minimum Gasteiger partial charge on any atom is -0.383 e. The van der Waals surface area contributed by atoms with Crippen LogP contribution >= 0.6 is 0 Å². The Labute approximate surface area is 105 Å². The van der Waals surface area contributed by atoms with Gasteiger partial charge in [-0.2, -0.15) is 0 Å². The molecule has 98 valence electrons. The lowest BCUT2D eigenvalue weighted by molar-refractivity contribution is -0.124. The van der Waals surface area contributed by atoms with Gasteiger partial charge in [-0.1, -0.05) is 0 Å². The Kier molecular flexibility index (Phi) is 3.61. The van der Waals surface area contributed by atoms with Crippen molar-refractivity contribution in [1.29, 1.82) is 0 Å². The van der Waals surface area contributed by atoms with E-state index in [0.29, 0.717) is 31.4 Å². The molecule has 1 amide bonds. The number of nitrogens with two attached hydrogens (primary N) is 1. The average molecular weight is 251 g/mol. The molecule has 1 atom stereocenters. The van der Waals surface area contributed by atoms with Crippen molar-refractivity contribution in [2.24, 2.45) is 0 Å². The summed E-state index contributed by atoms with van der Waals surface area (Å²) in [4.78, 5) is 21.9. The summed E-state index contributed by atoms with van der Waals surface area (Å²) in [7, 11) is 1.61. The smallest absolute Gasteiger partial charge is 0.244 e. The zero-order valence-electron chi connectivity index (χ0n) is 10.5. The van der Waals surface area contributed by atoms with Crippen molar-refractivity contribution in [2.45, 2.75) is 13.0 Å². The maximum absolute atomic E-state index is 11.8. The lowest BCUT2D eigenvalue weighted by Gasteiger charge is -2.35. The molecule has 1 fully saturated rings. The molecule has 0 aliphatic carbocycles. The highest BCUT2D eigenvalue weighted by atomic mass is 16.5. The van der Waals surface area contributed by atoms with Gasteiger partial charge in [0.15, 0.2) is 0 Å². The van der Waals surface area contributed by atoms with Gasteiger partial charge in [0.1, 0.15) is 24.0 Å². The molecule has 1 aromatic heterocycles. The van der Waals surface area contributed by atoms with Gasteiger partial charge >= 0.3 is 0 Å². The summed E-state index contributed by atoms with van der Waals surface area (Å²) in [5.41, 5.74) is 6.56. The highest BCUT2D eigenvalue weighted by Gasteiger charge is 2.30. The highest BCUT2D eigenvalue weighted by Crippen LogP contribution is 2.23. The number of carbonyl (C=O) groups is 1. The number of rotatable bonds is 2. The molecule has 3 N–H and O–H groups in total. The largest absolute Gasteiger partial charge is 0.383 e. The molecule has 0 aromatic carbocycles. The fourth-order valence-corrected chi connectivity index (χ4v) is 1.98. The van der Waals surface area contributed by atoms with Crippen molar-refractivity contribution in [3.8, 4) is 0 Å². The van der Waals surface area contributed by atoms with Crippen molar-refractivity contribution in [3.63, 3.8) is 0 Å². The summed E-state index contributed by atoms with van der Waals surface area (Å²) in [5, 5.41) is 2.63. The quantitative estimate of drug-likeness (QED) is 0.723. The van der Waals surface area contributed by atoms with Gasteiger partial charge in [-0.15, -0.1) is 0 Å². The summed E-state index contributed by atoms with van der Waals surface area (Å²) in [6, 6.07) is -0.378. The van der Waals surface area contributed by atoms with Gasteiger partial charge in [-0.25, -0.2) is 9.97 Å². The van der Waals surface area contributed by atoms with Crippen LogP contribution in [0.3, 0.4) is 0 Å². The average Bonchev–Trinajstić information content (AvgIpc) is 2.41. The monoisotopic (exact) mass is 251 g/mol. The zero-order valence-corrected chi connectivity index (χ0v) is 10.5. The molecule has 0 spiro atoms. The molecule has 1 aromatic rings. The molecular weight excluding hydrogens is 234 g/mol. The first kappa shape index (κ1) is 12.6. The molecule has 1 saturated heterocycles. The third kappa shape index (κ3) is 2.21. The van der Waals surface area contributed by atoms with E-state index in [0.717, 1.165) is 5.56 Å². The maximum atomic E-state index is 11.8. The minimum absolute atomic E-state index is 0.0914. The molecule has 2 rings (SSSR count). The second-order valence-corrected chi connectivity index (χ2v) is 4.11. The van der Waals surface area contributed by atoms with Crippen LogP contribution < -0.4 is 16.0 Å². The molecule has 18 heavy (non-hydrogen) atoms. The molecule has 0 saturated carbocycles. The molecular formula is C11H17N5O2. The summed E-state index contributed by atoms with van der Waals surface area (Å²) >= 11 is 0. The standard InChI is InChI=1S/C11H17N5O2/c1-7-9(12)14-6-15-10(7)16-3-4-18-5-8(16)11(17)13-2/h6,8H,3-5H2,1-2H3,(H,13,17)(H2,12,14,15). The molecule has 0 bridgehead atoms. The van der Waals surface area contributed by atoms with Crippen molar-refractivity contribution >= 4 is 17.5 Å². The van der Waals surface area contributed by atoms with Crippen LogP contribution in [0.1, 0.15) is 5.56 Å². The SMILES string of the molecule is CNC(=O)C1COCCN1c1ncnc(N)c1C. The second-order valence-electron chi connectivity index (χ2n) is 4.11. The zero-order chi connectivity index (χ0) is 13.1. The number of likely N-dealkylation sites (N-methyl/N-ethyl adjacent to an activating group) is 1. The number of aromatic nitrogens is 2. The molecule has 0 radical (unpaired) electrons. The van der Waals surface area contributed by atoms with Gasteiger partial charge in [-0.05, 0) is 6.92 Å². The summed E-state index contributed by atoms with van der Waals surface area (Å²) < 4.78 is 5.35. The number of nitrogens with one attached hydrogen (secondary N) is 1. The van der Waals surface area contributed by atoms with Gasteiger partial charge in [0.2, 0.25) is 5.91 Å². The van der Waals surface area contributed by atoms with Crippen LogP contribution in [0.5, 0.6) is 0 Å². The van der Waals surface area contributed by atoms with Crippen LogP contribution in [0, 0.1) is 6.92 Å². The van der Waals surface area contributed by atoms with Crippen LogP contribution in [-0.4, -0.2) is 48.7 Å². The Balaban J connectivity index is 2.34. The Morgan fingerprint density at radius 3 is 3.11 bits per heavy atom. The van der Waals surface area contributed by atoms with Crippen LogP contribution in [0.15, 0.2) is 6.33 Å². The number of amides is 1. The van der Waals surface area contributed by atoms with Crippen molar-refractivity contribution in [2.75, 3.05) is 37.4 Å². The van der Waals surface area contributed by atoms with E-state index in [9.17, 15) is 4.79 Å². The Hall–Kier alpha value is -1.89. The predicted molar refractivity (Wildman–Crippen MR) is 67.2 cm³/mol. The van der Waals surface area contributed by atoms with Crippen LogP contribution in [-0.2, 0) is 9.53 Å². The molecule has 1 aliphatic rings. The first-order chi connectivity index (χ1) is 8.65. The Morgan fingerprint density at radius 2 is 2.39 bits per heavy atom. The first-order valence-corrected chi connectivity index (χ1v) is 5.78. The van der Waals surface area contributed by atoms with Gasteiger partial charge in [0.25, 0.3) is 0 Å². The molecule has 7 heteroatoms. The highest BCUT2D eigenvalue weighted by molar-refractivity contribution is 5.85. The number of hydrogen-bond acceptors (Lipinski definition) is 6. The van der Waals surface area contributed by atoms with E-state index in [1.54, 1.807) is 7.05 Å². The number of anilines is 2. The third-order valence-electron chi connectivity index (χ3n) is 3.05. The van der Waals surface area contributed by atoms with E-state index < -0.39 is 0 Å². The topological polar surface area (TPSA) is 93.4 Å². The molecule has 1 unspecified atom stereocenters. The lowest BCUT2D eigenvalue weighted by Crippen LogP contribution is -2.54. The summed E-state index contributed by atoms with van der Waals surface area (Å²) in [5.74, 6) is 1.04. The fraction of sp³-hybridized carbons (Fsp3) is 0.545. The van der Waals surface area contributed by atoms with E-state index in [-0.39, 0.29) is 11.9 Å². The first-order valence-electron chi connectivity index (χ1n) is 5.78. The maximum Gasteiger partial charge on any atom is 0.244 e. The molecule has 2 heterocycles. The fourth-order valence-electron chi connectivity index (χ4n) is 1.98. The molecule has 1 aliphatic heterocycles. The minimum atomic E-state index is -0.378. The van der Waals surface area contributed by atoms with E-state index in [1.807, 2.05) is 11.8 Å². The number of nitrogens with zero attached hydrogens (tertiary/aromatic N) is 3. The normalized spacial score (nSPS) is 19.7. The van der Waals surface area contributed by atoms with Gasteiger partial charge < -0.3 is 20.7 Å². The van der Waals surface area contributed by atoms with Gasteiger partial charge in [0, 0.05) is 19.2 Å². The van der Waals surface area contributed by atoms with Gasteiger partial charge in [-0.3, -0.25) is 4.79 Å². The van der Waals surface area contributed by atoms with Crippen LogP contribution in [0.25, 0.3) is 0 Å². The Bertz CT molecular complexity index is 451. The summed E-state index contributed by atoms with van der Waals surface area (Å²) in [6.07, 6.45) is 1.41. The van der Waals surface area contributed by atoms with E-state index >= 15 is 0 Å². The lowest BCUT2D eigenvalue weighted by atomic mass is 10.2. The Morgan fingerprint density at radius 1 is 1.61 bits per heavy atom. The van der Waals surface area contributed by atoms with Gasteiger partial charge in [0.05, 0.1) is 13.2 Å². The van der Waals surface area contributed by atoms with Crippen molar-refractivity contribution in [3.05, 3.63) is 11.9 Å². The van der Waals surface area contributed by atoms with E-state index in [1.165, 1.54) is 6.33 Å². The van der Waals surface area contributed by atoms with Crippen LogP contribution in [0.2, 0.25) is 0 Å². The number of hydrogen-bond donors (Lipinski definition) is 2. The number of carbonyl (C=O) groups excluding carboxylic acids is 1. The third-order valence-corrected chi connectivity index (χ3v) is 3.05. The number of nitrogen functional groups attached to an aromatic ring is 1. The van der Waals surface area contributed by atoms with Crippen LogP contribution in [0.4, 0.5) is 11.6 Å². The van der Waals surface area contributed by atoms with Crippen molar-refractivity contribution < 1.29 is 9.53 Å². The van der Waals surface area contributed by atoms with E-state index in [4.69, 9.17) is 10.5 Å². The predicted octanol–water partition coefficient (Wildman–Crippen LogP) is -0.682. The summed E-state index contributed by atoms with van der Waals surface area (Å²) in [6.45, 7) is 3.37. The number of morpholine rings is 1.